The van der Waals surface area contributed by atoms with Crippen molar-refractivity contribution in [2.24, 2.45) is 0 Å². The van der Waals surface area contributed by atoms with Crippen molar-refractivity contribution in [1.29, 1.82) is 0 Å². The van der Waals surface area contributed by atoms with Gasteiger partial charge in [-0.3, -0.25) is 4.79 Å². The van der Waals surface area contributed by atoms with Crippen LogP contribution in [0.3, 0.4) is 0 Å². The van der Waals surface area contributed by atoms with E-state index in [0.717, 1.165) is 25.9 Å². The molecule has 0 unspecified atom stereocenters. The van der Waals surface area contributed by atoms with E-state index in [4.69, 9.17) is 16.3 Å². The van der Waals surface area contributed by atoms with Crippen molar-refractivity contribution in [3.8, 4) is 5.75 Å². The molecule has 1 aromatic carbocycles. The van der Waals surface area contributed by atoms with Crippen LogP contribution in [0.2, 0.25) is 5.02 Å². The van der Waals surface area contributed by atoms with Crippen LogP contribution in [0.1, 0.15) is 36.2 Å². The lowest BCUT2D eigenvalue weighted by molar-refractivity contribution is 0.102. The highest BCUT2D eigenvalue weighted by atomic mass is 35.5. The number of benzene rings is 1. The fraction of sp³-hybridized carbons (Fsp3) is 0.389. The van der Waals surface area contributed by atoms with Crippen LogP contribution in [0.15, 0.2) is 30.5 Å². The number of nitrogens with one attached hydrogen (secondary N) is 1. The van der Waals surface area contributed by atoms with Gasteiger partial charge in [0.25, 0.3) is 5.91 Å². The average Bonchev–Trinajstić information content (AvgIpc) is 2.91. The lowest BCUT2D eigenvalue weighted by Crippen LogP contribution is -2.27. The van der Waals surface area contributed by atoms with Crippen LogP contribution in [0.5, 0.6) is 5.75 Å². The van der Waals surface area contributed by atoms with Crippen molar-refractivity contribution in [2.45, 2.75) is 25.7 Å². The minimum atomic E-state index is -0.320. The van der Waals surface area contributed by atoms with E-state index in [0.29, 0.717) is 28.1 Å². The SMILES string of the molecule is COc1ccc(Cl)cc1NC(=O)c1ccnc(N2CCCCCC2)n1. The molecular formula is C18H21ClN4O2. The number of hydrogen-bond acceptors (Lipinski definition) is 5. The number of anilines is 2. The van der Waals surface area contributed by atoms with Gasteiger partial charge in [-0.1, -0.05) is 24.4 Å². The van der Waals surface area contributed by atoms with Crippen LogP contribution in [-0.2, 0) is 0 Å². The first-order valence-corrected chi connectivity index (χ1v) is 8.78. The van der Waals surface area contributed by atoms with Gasteiger partial charge in [0.15, 0.2) is 0 Å². The Hall–Kier alpha value is -2.34. The highest BCUT2D eigenvalue weighted by molar-refractivity contribution is 6.31. The monoisotopic (exact) mass is 360 g/mol. The Balaban J connectivity index is 1.78. The molecule has 0 bridgehead atoms. The molecule has 0 atom stereocenters. The number of carbonyl (C=O) groups excluding carboxylic acids is 1. The quantitative estimate of drug-likeness (QED) is 0.898. The average molecular weight is 361 g/mol. The summed E-state index contributed by atoms with van der Waals surface area (Å²) in [5.74, 6) is 0.825. The Labute approximate surface area is 152 Å². The van der Waals surface area contributed by atoms with Gasteiger partial charge in [-0.25, -0.2) is 9.97 Å². The zero-order valence-corrected chi connectivity index (χ0v) is 14.9. The van der Waals surface area contributed by atoms with Gasteiger partial charge in [-0.15, -0.1) is 0 Å². The number of rotatable bonds is 4. The van der Waals surface area contributed by atoms with Crippen molar-refractivity contribution in [1.82, 2.24) is 9.97 Å². The number of halogens is 1. The van der Waals surface area contributed by atoms with Gasteiger partial charge in [0.05, 0.1) is 12.8 Å². The van der Waals surface area contributed by atoms with E-state index < -0.39 is 0 Å². The van der Waals surface area contributed by atoms with Crippen molar-refractivity contribution >= 4 is 29.1 Å². The van der Waals surface area contributed by atoms with E-state index in [1.807, 2.05) is 0 Å². The van der Waals surface area contributed by atoms with Crippen LogP contribution < -0.4 is 15.0 Å². The molecule has 1 aliphatic rings. The molecule has 0 aliphatic carbocycles. The van der Waals surface area contributed by atoms with Gasteiger partial charge in [-0.05, 0) is 37.1 Å². The standard InChI is InChI=1S/C18H21ClN4O2/c1-25-16-7-6-13(19)12-15(16)21-17(24)14-8-9-20-18(22-14)23-10-4-2-3-5-11-23/h6-9,12H,2-5,10-11H2,1H3,(H,21,24). The molecular weight excluding hydrogens is 340 g/mol. The lowest BCUT2D eigenvalue weighted by Gasteiger charge is -2.20. The summed E-state index contributed by atoms with van der Waals surface area (Å²) >= 11 is 6.01. The number of aromatic nitrogens is 2. The van der Waals surface area contributed by atoms with Crippen molar-refractivity contribution in [3.05, 3.63) is 41.2 Å². The summed E-state index contributed by atoms with van der Waals surface area (Å²) < 4.78 is 5.26. The number of nitrogens with zero attached hydrogens (tertiary/aromatic N) is 3. The van der Waals surface area contributed by atoms with E-state index >= 15 is 0 Å². The molecule has 1 aromatic heterocycles. The Morgan fingerprint density at radius 3 is 2.68 bits per heavy atom. The third-order valence-corrected chi connectivity index (χ3v) is 4.41. The largest absolute Gasteiger partial charge is 0.495 e. The maximum atomic E-state index is 12.6. The number of amides is 1. The number of carbonyl (C=O) groups is 1. The normalized spacial score (nSPS) is 14.7. The topological polar surface area (TPSA) is 67.3 Å². The molecule has 1 saturated heterocycles. The van der Waals surface area contributed by atoms with Crippen LogP contribution in [0.4, 0.5) is 11.6 Å². The molecule has 0 saturated carbocycles. The highest BCUT2D eigenvalue weighted by Crippen LogP contribution is 2.28. The fourth-order valence-corrected chi connectivity index (χ4v) is 3.03. The van der Waals surface area contributed by atoms with Crippen molar-refractivity contribution < 1.29 is 9.53 Å². The molecule has 3 rings (SSSR count). The second kappa shape index (κ2) is 8.16. The first-order chi connectivity index (χ1) is 12.2. The molecule has 25 heavy (non-hydrogen) atoms. The summed E-state index contributed by atoms with van der Waals surface area (Å²) in [5.41, 5.74) is 0.825. The Morgan fingerprint density at radius 1 is 1.20 bits per heavy atom. The smallest absolute Gasteiger partial charge is 0.274 e. The summed E-state index contributed by atoms with van der Waals surface area (Å²) in [4.78, 5) is 23.5. The second-order valence-corrected chi connectivity index (χ2v) is 6.38. The van der Waals surface area contributed by atoms with Crippen LogP contribution in [0, 0.1) is 0 Å². The molecule has 132 valence electrons. The Kier molecular flexibility index (Phi) is 5.71. The third-order valence-electron chi connectivity index (χ3n) is 4.17. The maximum Gasteiger partial charge on any atom is 0.274 e. The molecule has 6 nitrogen and oxygen atoms in total. The van der Waals surface area contributed by atoms with E-state index in [1.54, 1.807) is 37.6 Å². The molecule has 2 heterocycles. The van der Waals surface area contributed by atoms with E-state index in [1.165, 1.54) is 12.8 Å². The minimum absolute atomic E-state index is 0.316. The first kappa shape index (κ1) is 17.5. The Bertz CT molecular complexity index is 746. The fourth-order valence-electron chi connectivity index (χ4n) is 2.86. The number of ether oxygens (including phenoxy) is 1. The predicted molar refractivity (Wildman–Crippen MR) is 98.7 cm³/mol. The number of hydrogen-bond donors (Lipinski definition) is 1. The summed E-state index contributed by atoms with van der Waals surface area (Å²) in [6.07, 6.45) is 6.33. The molecule has 0 radical (unpaired) electrons. The van der Waals surface area contributed by atoms with Crippen LogP contribution in [0.25, 0.3) is 0 Å². The maximum absolute atomic E-state index is 12.6. The zero-order valence-electron chi connectivity index (χ0n) is 14.2. The first-order valence-electron chi connectivity index (χ1n) is 8.40. The minimum Gasteiger partial charge on any atom is -0.495 e. The van der Waals surface area contributed by atoms with Crippen molar-refractivity contribution in [2.75, 3.05) is 30.4 Å². The highest BCUT2D eigenvalue weighted by Gasteiger charge is 2.16. The number of methoxy groups -OCH3 is 1. The lowest BCUT2D eigenvalue weighted by atomic mass is 10.2. The van der Waals surface area contributed by atoms with Gasteiger partial charge >= 0.3 is 0 Å². The predicted octanol–water partition coefficient (Wildman–Crippen LogP) is 3.77. The van der Waals surface area contributed by atoms with Crippen LogP contribution >= 0.6 is 11.6 Å². The molecule has 0 spiro atoms. The molecule has 2 aromatic rings. The zero-order chi connectivity index (χ0) is 17.6. The molecule has 1 N–H and O–H groups in total. The molecule has 1 amide bonds. The van der Waals surface area contributed by atoms with E-state index in [-0.39, 0.29) is 5.91 Å². The second-order valence-electron chi connectivity index (χ2n) is 5.94. The van der Waals surface area contributed by atoms with E-state index in [2.05, 4.69) is 20.2 Å². The van der Waals surface area contributed by atoms with Gasteiger partial charge in [0.2, 0.25) is 5.95 Å². The Morgan fingerprint density at radius 2 is 1.96 bits per heavy atom. The van der Waals surface area contributed by atoms with Gasteiger partial charge in [0, 0.05) is 24.3 Å². The molecule has 7 heteroatoms. The van der Waals surface area contributed by atoms with Gasteiger partial charge in [0.1, 0.15) is 11.4 Å². The molecule has 1 fully saturated rings. The van der Waals surface area contributed by atoms with Gasteiger partial charge < -0.3 is 15.0 Å². The third kappa shape index (κ3) is 4.39. The molecule has 1 aliphatic heterocycles. The summed E-state index contributed by atoms with van der Waals surface area (Å²) in [6, 6.07) is 6.67. The summed E-state index contributed by atoms with van der Waals surface area (Å²) in [6.45, 7) is 1.85. The van der Waals surface area contributed by atoms with Crippen LogP contribution in [-0.4, -0.2) is 36.1 Å². The van der Waals surface area contributed by atoms with E-state index in [9.17, 15) is 4.79 Å². The summed E-state index contributed by atoms with van der Waals surface area (Å²) in [5, 5.41) is 3.32. The summed E-state index contributed by atoms with van der Waals surface area (Å²) in [7, 11) is 1.54. The van der Waals surface area contributed by atoms with Gasteiger partial charge in [-0.2, -0.15) is 0 Å². The van der Waals surface area contributed by atoms with Crippen molar-refractivity contribution in [3.63, 3.8) is 0 Å².